The predicted molar refractivity (Wildman–Crippen MR) is 64.3 cm³/mol. The van der Waals surface area contributed by atoms with E-state index in [9.17, 15) is 9.50 Å². The lowest BCUT2D eigenvalue weighted by molar-refractivity contribution is -0.108. The zero-order chi connectivity index (χ0) is 12.5. The predicted octanol–water partition coefficient (Wildman–Crippen LogP) is 2.91. The molecule has 0 aromatic heterocycles. The second-order valence-electron chi connectivity index (χ2n) is 4.85. The number of aryl methyl sites for hydroxylation is 1. The Morgan fingerprint density at radius 2 is 2.29 bits per heavy atom. The van der Waals surface area contributed by atoms with E-state index in [1.807, 2.05) is 6.92 Å². The molecule has 3 heteroatoms. The summed E-state index contributed by atoms with van der Waals surface area (Å²) in [6.07, 6.45) is 2.16. The summed E-state index contributed by atoms with van der Waals surface area (Å²) in [6.45, 7) is 4.33. The maximum Gasteiger partial charge on any atom is 0.126 e. The molecule has 2 unspecified atom stereocenters. The first-order valence-electron chi connectivity index (χ1n) is 6.16. The summed E-state index contributed by atoms with van der Waals surface area (Å²) >= 11 is 0. The molecule has 1 saturated heterocycles. The van der Waals surface area contributed by atoms with Gasteiger partial charge in [-0.05, 0) is 30.5 Å². The Hall–Kier alpha value is -0.930. The molecule has 2 atom stereocenters. The molecule has 94 valence electrons. The van der Waals surface area contributed by atoms with E-state index < -0.39 is 5.60 Å². The van der Waals surface area contributed by atoms with Crippen molar-refractivity contribution < 1.29 is 14.2 Å². The van der Waals surface area contributed by atoms with Crippen LogP contribution in [0.25, 0.3) is 0 Å². The maximum absolute atomic E-state index is 13.2. The van der Waals surface area contributed by atoms with Gasteiger partial charge in [0.25, 0.3) is 0 Å². The van der Waals surface area contributed by atoms with E-state index in [2.05, 4.69) is 0 Å². The first-order valence-corrected chi connectivity index (χ1v) is 6.16. The van der Waals surface area contributed by atoms with Crippen molar-refractivity contribution in [3.63, 3.8) is 0 Å². The Balaban J connectivity index is 2.27. The lowest BCUT2D eigenvalue weighted by Gasteiger charge is -2.37. The minimum atomic E-state index is -0.864. The van der Waals surface area contributed by atoms with E-state index in [4.69, 9.17) is 4.74 Å². The number of benzene rings is 1. The molecule has 1 aliphatic rings. The molecule has 1 aromatic carbocycles. The molecule has 0 saturated carbocycles. The van der Waals surface area contributed by atoms with Gasteiger partial charge in [0.05, 0.1) is 18.3 Å². The number of rotatable bonds is 2. The van der Waals surface area contributed by atoms with Crippen LogP contribution in [0.3, 0.4) is 0 Å². The van der Waals surface area contributed by atoms with Crippen LogP contribution in [0.4, 0.5) is 4.39 Å². The zero-order valence-electron chi connectivity index (χ0n) is 10.4. The SMILES string of the molecule is CCC1CC(O)(c2ccc(F)c(C)c2)CCO1. The Kier molecular flexibility index (Phi) is 3.50. The van der Waals surface area contributed by atoms with Gasteiger partial charge in [-0.15, -0.1) is 0 Å². The number of halogens is 1. The van der Waals surface area contributed by atoms with E-state index in [1.54, 1.807) is 19.1 Å². The van der Waals surface area contributed by atoms with Crippen LogP contribution < -0.4 is 0 Å². The van der Waals surface area contributed by atoms with E-state index >= 15 is 0 Å². The van der Waals surface area contributed by atoms with Gasteiger partial charge in [-0.3, -0.25) is 0 Å². The van der Waals surface area contributed by atoms with Gasteiger partial charge < -0.3 is 9.84 Å². The standard InChI is InChI=1S/C14H19FO2/c1-3-12-9-14(16,6-7-17-12)11-4-5-13(15)10(2)8-11/h4-5,8,12,16H,3,6-7,9H2,1-2H3. The second-order valence-corrected chi connectivity index (χ2v) is 4.85. The van der Waals surface area contributed by atoms with E-state index in [0.29, 0.717) is 25.0 Å². The molecule has 0 radical (unpaired) electrons. The number of hydrogen-bond donors (Lipinski definition) is 1. The normalized spacial score (nSPS) is 29.3. The molecule has 1 aliphatic heterocycles. The molecule has 1 fully saturated rings. The van der Waals surface area contributed by atoms with Crippen LogP contribution in [0, 0.1) is 12.7 Å². The molecule has 0 aliphatic carbocycles. The third kappa shape index (κ3) is 2.50. The zero-order valence-corrected chi connectivity index (χ0v) is 10.4. The highest BCUT2D eigenvalue weighted by Gasteiger charge is 2.36. The molecule has 0 bridgehead atoms. The molecule has 1 N–H and O–H groups in total. The monoisotopic (exact) mass is 238 g/mol. The summed E-state index contributed by atoms with van der Waals surface area (Å²) in [6, 6.07) is 4.85. The van der Waals surface area contributed by atoms with Crippen molar-refractivity contribution in [2.24, 2.45) is 0 Å². The van der Waals surface area contributed by atoms with Gasteiger partial charge in [-0.1, -0.05) is 19.1 Å². The maximum atomic E-state index is 13.2. The minimum Gasteiger partial charge on any atom is -0.385 e. The first-order chi connectivity index (χ1) is 8.05. The Morgan fingerprint density at radius 3 is 2.94 bits per heavy atom. The molecule has 2 rings (SSSR count). The van der Waals surface area contributed by atoms with Gasteiger partial charge in [0, 0.05) is 12.8 Å². The Bertz CT molecular complexity index is 405. The molecule has 2 nitrogen and oxygen atoms in total. The third-order valence-corrected chi connectivity index (χ3v) is 3.59. The van der Waals surface area contributed by atoms with Crippen LogP contribution in [0.2, 0.25) is 0 Å². The summed E-state index contributed by atoms with van der Waals surface area (Å²) in [5.74, 6) is -0.226. The van der Waals surface area contributed by atoms with E-state index in [0.717, 1.165) is 12.0 Å². The van der Waals surface area contributed by atoms with Crippen LogP contribution >= 0.6 is 0 Å². The highest BCUT2D eigenvalue weighted by molar-refractivity contribution is 5.29. The molecule has 1 heterocycles. The summed E-state index contributed by atoms with van der Waals surface area (Å²) in [4.78, 5) is 0. The highest BCUT2D eigenvalue weighted by atomic mass is 19.1. The quantitative estimate of drug-likeness (QED) is 0.858. The van der Waals surface area contributed by atoms with E-state index in [1.165, 1.54) is 6.07 Å². The van der Waals surface area contributed by atoms with Gasteiger partial charge in [0.2, 0.25) is 0 Å². The first kappa shape index (κ1) is 12.5. The third-order valence-electron chi connectivity index (χ3n) is 3.59. The van der Waals surface area contributed by atoms with Crippen LogP contribution in [-0.2, 0) is 10.3 Å². The lowest BCUT2D eigenvalue weighted by atomic mass is 9.82. The van der Waals surface area contributed by atoms with Crippen LogP contribution in [0.15, 0.2) is 18.2 Å². The van der Waals surface area contributed by atoms with Crippen LogP contribution in [0.1, 0.15) is 37.3 Å². The largest absolute Gasteiger partial charge is 0.385 e. The topological polar surface area (TPSA) is 29.5 Å². The molecule has 0 spiro atoms. The fourth-order valence-corrected chi connectivity index (χ4v) is 2.39. The highest BCUT2D eigenvalue weighted by Crippen LogP contribution is 2.36. The molecule has 1 aromatic rings. The summed E-state index contributed by atoms with van der Waals surface area (Å²) in [7, 11) is 0. The summed E-state index contributed by atoms with van der Waals surface area (Å²) in [5, 5.41) is 10.7. The van der Waals surface area contributed by atoms with Gasteiger partial charge in [0.1, 0.15) is 5.82 Å². The van der Waals surface area contributed by atoms with Crippen molar-refractivity contribution in [3.05, 3.63) is 35.1 Å². The smallest absolute Gasteiger partial charge is 0.126 e. The van der Waals surface area contributed by atoms with Crippen molar-refractivity contribution >= 4 is 0 Å². The number of ether oxygens (including phenoxy) is 1. The van der Waals surface area contributed by atoms with Crippen LogP contribution in [0.5, 0.6) is 0 Å². The van der Waals surface area contributed by atoms with Gasteiger partial charge in [0.15, 0.2) is 0 Å². The van der Waals surface area contributed by atoms with Gasteiger partial charge in [-0.25, -0.2) is 4.39 Å². The Morgan fingerprint density at radius 1 is 1.53 bits per heavy atom. The summed E-state index contributed by atoms with van der Waals surface area (Å²) < 4.78 is 18.8. The van der Waals surface area contributed by atoms with E-state index in [-0.39, 0.29) is 11.9 Å². The fraction of sp³-hybridized carbons (Fsp3) is 0.571. The van der Waals surface area contributed by atoms with Crippen molar-refractivity contribution in [1.82, 2.24) is 0 Å². The fourth-order valence-electron chi connectivity index (χ4n) is 2.39. The molecular formula is C14H19FO2. The molecule has 17 heavy (non-hydrogen) atoms. The molecule has 0 amide bonds. The van der Waals surface area contributed by atoms with Crippen molar-refractivity contribution in [2.75, 3.05) is 6.61 Å². The lowest BCUT2D eigenvalue weighted by Crippen LogP contribution is -2.38. The van der Waals surface area contributed by atoms with Crippen molar-refractivity contribution in [1.29, 1.82) is 0 Å². The average molecular weight is 238 g/mol. The summed E-state index contributed by atoms with van der Waals surface area (Å²) in [5.41, 5.74) is 0.519. The van der Waals surface area contributed by atoms with Gasteiger partial charge >= 0.3 is 0 Å². The van der Waals surface area contributed by atoms with Crippen LogP contribution in [-0.4, -0.2) is 17.8 Å². The molecular weight excluding hydrogens is 219 g/mol. The van der Waals surface area contributed by atoms with Crippen molar-refractivity contribution in [2.45, 2.75) is 44.8 Å². The second kappa shape index (κ2) is 4.75. The Labute approximate surface area is 101 Å². The number of aliphatic hydroxyl groups is 1. The minimum absolute atomic E-state index is 0.0964. The average Bonchev–Trinajstić information content (AvgIpc) is 2.32. The van der Waals surface area contributed by atoms with Crippen molar-refractivity contribution in [3.8, 4) is 0 Å². The number of hydrogen-bond acceptors (Lipinski definition) is 2. The van der Waals surface area contributed by atoms with Gasteiger partial charge in [-0.2, -0.15) is 0 Å².